The molecule has 1 aromatic heterocycles. The summed E-state index contributed by atoms with van der Waals surface area (Å²) in [4.78, 5) is 22.3. The van der Waals surface area contributed by atoms with E-state index in [2.05, 4.69) is 20.6 Å². The molecule has 0 atom stereocenters. The molecule has 0 unspecified atom stereocenters. The monoisotopic (exact) mass is 281 g/mol. The Morgan fingerprint density at radius 3 is 2.65 bits per heavy atom. The number of nitrogens with zero attached hydrogens (tertiary/aromatic N) is 3. The number of hydrogen-bond donors (Lipinski definition) is 2. The molecule has 1 heterocycles. The average Bonchev–Trinajstić information content (AvgIpc) is 2.41. The molecule has 0 aromatic carbocycles. The second-order valence-corrected chi connectivity index (χ2v) is 4.52. The molecule has 7 heteroatoms. The lowest BCUT2D eigenvalue weighted by atomic mass is 10.3. The van der Waals surface area contributed by atoms with Crippen LogP contribution in [0.25, 0.3) is 0 Å². The number of rotatable bonds is 7. The summed E-state index contributed by atoms with van der Waals surface area (Å²) in [5.41, 5.74) is 0.922. The minimum absolute atomic E-state index is 0.0637. The number of carbonyl (C=O) groups is 1. The Hall–Kier alpha value is -1.89. The molecule has 0 radical (unpaired) electrons. The van der Waals surface area contributed by atoms with Gasteiger partial charge in [-0.25, -0.2) is 9.97 Å². The van der Waals surface area contributed by atoms with Gasteiger partial charge < -0.3 is 20.3 Å². The first-order valence-corrected chi connectivity index (χ1v) is 6.49. The van der Waals surface area contributed by atoms with E-state index in [1.807, 2.05) is 32.8 Å². The van der Waals surface area contributed by atoms with Crippen LogP contribution in [0.3, 0.4) is 0 Å². The van der Waals surface area contributed by atoms with Gasteiger partial charge in [0.2, 0.25) is 5.91 Å². The molecule has 2 N–H and O–H groups in total. The van der Waals surface area contributed by atoms with Crippen molar-refractivity contribution in [1.29, 1.82) is 0 Å². The van der Waals surface area contributed by atoms with E-state index in [9.17, 15) is 4.79 Å². The van der Waals surface area contributed by atoms with Crippen LogP contribution in [-0.4, -0.2) is 56.8 Å². The number of aromatic nitrogens is 2. The van der Waals surface area contributed by atoms with Crippen molar-refractivity contribution in [1.82, 2.24) is 15.3 Å². The van der Waals surface area contributed by atoms with Gasteiger partial charge in [0.25, 0.3) is 0 Å². The van der Waals surface area contributed by atoms with Crippen LogP contribution in [0.2, 0.25) is 0 Å². The van der Waals surface area contributed by atoms with Gasteiger partial charge in [0.15, 0.2) is 0 Å². The summed E-state index contributed by atoms with van der Waals surface area (Å²) < 4.78 is 4.89. The molecule has 1 rings (SSSR count). The van der Waals surface area contributed by atoms with Crippen LogP contribution in [-0.2, 0) is 9.53 Å². The normalized spacial score (nSPS) is 10.2. The Balaban J connectivity index is 2.74. The van der Waals surface area contributed by atoms with Crippen molar-refractivity contribution in [3.8, 4) is 0 Å². The second kappa shape index (κ2) is 7.64. The summed E-state index contributed by atoms with van der Waals surface area (Å²) in [6.07, 6.45) is 0. The maximum atomic E-state index is 11.8. The lowest BCUT2D eigenvalue weighted by Crippen LogP contribution is -2.37. The van der Waals surface area contributed by atoms with Crippen LogP contribution in [0, 0.1) is 13.8 Å². The smallest absolute Gasteiger partial charge is 0.239 e. The van der Waals surface area contributed by atoms with Crippen LogP contribution in [0.1, 0.15) is 11.4 Å². The molecule has 0 bridgehead atoms. The Bertz CT molecular complexity index is 464. The van der Waals surface area contributed by atoms with Crippen molar-refractivity contribution in [2.24, 2.45) is 0 Å². The summed E-state index contributed by atoms with van der Waals surface area (Å²) in [5.74, 6) is 2.13. The number of amides is 1. The zero-order valence-electron chi connectivity index (χ0n) is 12.8. The highest BCUT2D eigenvalue weighted by atomic mass is 16.5. The number of aryl methyl sites for hydroxylation is 1. The minimum Gasteiger partial charge on any atom is -0.383 e. The maximum absolute atomic E-state index is 11.8. The molecular formula is C13H23N5O2. The highest BCUT2D eigenvalue weighted by molar-refractivity contribution is 5.81. The van der Waals surface area contributed by atoms with Gasteiger partial charge >= 0.3 is 0 Å². The molecule has 0 aliphatic carbocycles. The molecule has 0 aliphatic heterocycles. The summed E-state index contributed by atoms with van der Waals surface area (Å²) in [6, 6.07) is 0. The van der Waals surface area contributed by atoms with Crippen LogP contribution in [0.4, 0.5) is 11.6 Å². The van der Waals surface area contributed by atoms with E-state index in [1.54, 1.807) is 7.11 Å². The third-order valence-electron chi connectivity index (χ3n) is 2.84. The molecule has 0 spiro atoms. The fourth-order valence-corrected chi connectivity index (χ4v) is 1.87. The third-order valence-corrected chi connectivity index (χ3v) is 2.84. The molecule has 0 saturated heterocycles. The van der Waals surface area contributed by atoms with Crippen LogP contribution < -0.4 is 15.5 Å². The summed E-state index contributed by atoms with van der Waals surface area (Å²) in [7, 11) is 5.25. The van der Waals surface area contributed by atoms with Crippen molar-refractivity contribution >= 4 is 17.5 Å². The van der Waals surface area contributed by atoms with E-state index < -0.39 is 0 Å². The van der Waals surface area contributed by atoms with Crippen molar-refractivity contribution in [3.05, 3.63) is 11.4 Å². The number of ether oxygens (including phenoxy) is 1. The molecule has 20 heavy (non-hydrogen) atoms. The number of hydrogen-bond acceptors (Lipinski definition) is 6. The maximum Gasteiger partial charge on any atom is 0.239 e. The van der Waals surface area contributed by atoms with Gasteiger partial charge in [-0.05, 0) is 13.8 Å². The Kier molecular flexibility index (Phi) is 6.17. The number of likely N-dealkylation sites (N-methyl/N-ethyl adjacent to an activating group) is 1. The Morgan fingerprint density at radius 1 is 1.35 bits per heavy atom. The minimum atomic E-state index is -0.0637. The Morgan fingerprint density at radius 2 is 2.05 bits per heavy atom. The lowest BCUT2D eigenvalue weighted by molar-refractivity contribution is -0.119. The Labute approximate surface area is 119 Å². The standard InChI is InChI=1S/C13H23N5O2/c1-9-12(14-3)16-10(2)17-13(9)18(4)8-11(19)15-6-7-20-5/h6-8H2,1-5H3,(H,15,19)(H,14,16,17). The van der Waals surface area contributed by atoms with Crippen molar-refractivity contribution in [3.63, 3.8) is 0 Å². The zero-order valence-corrected chi connectivity index (χ0v) is 12.8. The fourth-order valence-electron chi connectivity index (χ4n) is 1.87. The second-order valence-electron chi connectivity index (χ2n) is 4.52. The topological polar surface area (TPSA) is 79.4 Å². The van der Waals surface area contributed by atoms with E-state index in [-0.39, 0.29) is 12.5 Å². The molecule has 112 valence electrons. The van der Waals surface area contributed by atoms with E-state index in [0.717, 1.165) is 17.2 Å². The van der Waals surface area contributed by atoms with Gasteiger partial charge in [0.05, 0.1) is 13.2 Å². The number of methoxy groups -OCH3 is 1. The average molecular weight is 281 g/mol. The fraction of sp³-hybridized carbons (Fsp3) is 0.615. The van der Waals surface area contributed by atoms with Crippen LogP contribution in [0.15, 0.2) is 0 Å². The molecule has 1 amide bonds. The van der Waals surface area contributed by atoms with Crippen LogP contribution >= 0.6 is 0 Å². The van der Waals surface area contributed by atoms with Crippen molar-refractivity contribution in [2.75, 3.05) is 51.1 Å². The molecule has 0 aliphatic rings. The quantitative estimate of drug-likeness (QED) is 0.701. The van der Waals surface area contributed by atoms with Gasteiger partial charge in [-0.3, -0.25) is 4.79 Å². The van der Waals surface area contributed by atoms with Gasteiger partial charge in [-0.2, -0.15) is 0 Å². The van der Waals surface area contributed by atoms with Crippen molar-refractivity contribution in [2.45, 2.75) is 13.8 Å². The predicted octanol–water partition coefficient (Wildman–Crippen LogP) is 0.334. The SMILES string of the molecule is CNc1nc(C)nc(N(C)CC(=O)NCCOC)c1C. The molecule has 0 saturated carbocycles. The van der Waals surface area contributed by atoms with E-state index in [1.165, 1.54) is 0 Å². The molecule has 7 nitrogen and oxygen atoms in total. The summed E-state index contributed by atoms with van der Waals surface area (Å²) in [5, 5.41) is 5.81. The molecular weight excluding hydrogens is 258 g/mol. The highest BCUT2D eigenvalue weighted by Gasteiger charge is 2.14. The van der Waals surface area contributed by atoms with Crippen molar-refractivity contribution < 1.29 is 9.53 Å². The van der Waals surface area contributed by atoms with E-state index in [4.69, 9.17) is 4.74 Å². The highest BCUT2D eigenvalue weighted by Crippen LogP contribution is 2.21. The first kappa shape index (κ1) is 16.2. The lowest BCUT2D eigenvalue weighted by Gasteiger charge is -2.21. The summed E-state index contributed by atoms with van der Waals surface area (Å²) >= 11 is 0. The predicted molar refractivity (Wildman–Crippen MR) is 79.2 cm³/mol. The third kappa shape index (κ3) is 4.34. The van der Waals surface area contributed by atoms with Gasteiger partial charge in [0, 0.05) is 33.3 Å². The first-order valence-electron chi connectivity index (χ1n) is 6.49. The number of anilines is 2. The van der Waals surface area contributed by atoms with E-state index in [0.29, 0.717) is 19.0 Å². The van der Waals surface area contributed by atoms with Crippen LogP contribution in [0.5, 0.6) is 0 Å². The van der Waals surface area contributed by atoms with Gasteiger partial charge in [-0.15, -0.1) is 0 Å². The first-order chi connectivity index (χ1) is 9.49. The summed E-state index contributed by atoms with van der Waals surface area (Å²) in [6.45, 7) is 5.01. The largest absolute Gasteiger partial charge is 0.383 e. The zero-order chi connectivity index (χ0) is 15.1. The molecule has 0 fully saturated rings. The number of carbonyl (C=O) groups excluding carboxylic acids is 1. The van der Waals surface area contributed by atoms with E-state index >= 15 is 0 Å². The molecule has 1 aromatic rings. The van der Waals surface area contributed by atoms with Gasteiger partial charge in [-0.1, -0.05) is 0 Å². The van der Waals surface area contributed by atoms with Gasteiger partial charge in [0.1, 0.15) is 17.5 Å². The number of nitrogens with one attached hydrogen (secondary N) is 2.